The van der Waals surface area contributed by atoms with Crippen LogP contribution >= 0.6 is 0 Å². The van der Waals surface area contributed by atoms with E-state index in [-0.39, 0.29) is 23.8 Å². The average Bonchev–Trinajstić information content (AvgIpc) is 2.89. The molecule has 1 aromatic carbocycles. The van der Waals surface area contributed by atoms with Gasteiger partial charge >= 0.3 is 6.09 Å². The predicted octanol–water partition coefficient (Wildman–Crippen LogP) is 2.97. The molecule has 1 aromatic heterocycles. The topological polar surface area (TPSA) is 104 Å². The van der Waals surface area contributed by atoms with Gasteiger partial charge in [0.25, 0.3) is 5.91 Å². The fraction of sp³-hybridized carbons (Fsp3) is 0.522. The Bertz CT molecular complexity index is 952. The molecule has 168 valence electrons. The van der Waals surface area contributed by atoms with Gasteiger partial charge in [0.1, 0.15) is 11.7 Å². The number of carbonyl (C=O) groups excluding carboxylic acids is 2. The van der Waals surface area contributed by atoms with Crippen molar-refractivity contribution in [1.82, 2.24) is 20.1 Å². The molecule has 2 atom stereocenters. The zero-order valence-corrected chi connectivity index (χ0v) is 18.4. The molecule has 0 radical (unpaired) electrons. The lowest BCUT2D eigenvalue weighted by Gasteiger charge is -2.24. The first kappa shape index (κ1) is 22.7. The standard InChI is InChI=1S/C23H32N4O4/c1-15(2)13-18(21(28)24-17-8-6-11-27(12-10-17)23(30)31)25-22(29)20-14-16-7-4-5-9-19(16)26(20)3/h4-5,7,9,14-15,17-18H,6,8,10-13H2,1-3H3,(H,24,28)(H,25,29)(H,30,31)/t17?,18-/m0/s1. The fourth-order valence-corrected chi connectivity index (χ4v) is 4.18. The van der Waals surface area contributed by atoms with Gasteiger partial charge in [0.05, 0.1) is 0 Å². The zero-order valence-electron chi connectivity index (χ0n) is 18.4. The maximum absolute atomic E-state index is 13.0. The Hall–Kier alpha value is -3.03. The van der Waals surface area contributed by atoms with Gasteiger partial charge in [-0.2, -0.15) is 0 Å². The molecule has 3 rings (SSSR count). The summed E-state index contributed by atoms with van der Waals surface area (Å²) in [6.45, 7) is 4.91. The Morgan fingerprint density at radius 2 is 1.90 bits per heavy atom. The summed E-state index contributed by atoms with van der Waals surface area (Å²) >= 11 is 0. The number of para-hydroxylation sites is 1. The molecule has 0 bridgehead atoms. The van der Waals surface area contributed by atoms with Crippen LogP contribution in [0.4, 0.5) is 4.79 Å². The minimum atomic E-state index is -0.924. The number of benzene rings is 1. The maximum Gasteiger partial charge on any atom is 0.407 e. The van der Waals surface area contributed by atoms with Crippen LogP contribution in [0.1, 0.15) is 50.0 Å². The molecule has 3 N–H and O–H groups in total. The summed E-state index contributed by atoms with van der Waals surface area (Å²) in [4.78, 5) is 38.6. The SMILES string of the molecule is CC(C)C[C@H](NC(=O)c1cc2ccccc2n1C)C(=O)NC1CCCN(C(=O)O)CC1. The molecule has 1 unspecified atom stereocenters. The van der Waals surface area contributed by atoms with Crippen molar-refractivity contribution in [2.75, 3.05) is 13.1 Å². The van der Waals surface area contributed by atoms with Crippen molar-refractivity contribution in [3.05, 3.63) is 36.0 Å². The average molecular weight is 429 g/mol. The number of rotatable bonds is 6. The lowest BCUT2D eigenvalue weighted by Crippen LogP contribution is -2.50. The molecule has 0 spiro atoms. The van der Waals surface area contributed by atoms with E-state index in [1.54, 1.807) is 0 Å². The Morgan fingerprint density at radius 1 is 1.16 bits per heavy atom. The van der Waals surface area contributed by atoms with E-state index < -0.39 is 12.1 Å². The van der Waals surface area contributed by atoms with Crippen molar-refractivity contribution in [3.63, 3.8) is 0 Å². The lowest BCUT2D eigenvalue weighted by molar-refractivity contribution is -0.124. The molecule has 3 amide bonds. The van der Waals surface area contributed by atoms with E-state index in [0.717, 1.165) is 17.3 Å². The number of nitrogens with zero attached hydrogens (tertiary/aromatic N) is 2. The molecule has 0 saturated carbocycles. The first-order valence-corrected chi connectivity index (χ1v) is 10.9. The number of fused-ring (bicyclic) bond motifs is 1. The van der Waals surface area contributed by atoms with Crippen LogP contribution < -0.4 is 10.6 Å². The molecule has 2 heterocycles. The second-order valence-electron chi connectivity index (χ2n) is 8.71. The lowest BCUT2D eigenvalue weighted by atomic mass is 10.0. The highest BCUT2D eigenvalue weighted by Crippen LogP contribution is 2.19. The second kappa shape index (κ2) is 9.85. The molecule has 31 heavy (non-hydrogen) atoms. The van der Waals surface area contributed by atoms with Gasteiger partial charge in [-0.25, -0.2) is 4.79 Å². The van der Waals surface area contributed by atoms with Gasteiger partial charge < -0.3 is 25.2 Å². The Balaban J connectivity index is 1.69. The van der Waals surface area contributed by atoms with Crippen molar-refractivity contribution < 1.29 is 19.5 Å². The number of hydrogen-bond donors (Lipinski definition) is 3. The number of carboxylic acid groups (broad SMARTS) is 1. The molecule has 1 saturated heterocycles. The van der Waals surface area contributed by atoms with Gasteiger partial charge in [-0.15, -0.1) is 0 Å². The summed E-state index contributed by atoms with van der Waals surface area (Å²) in [5, 5.41) is 16.1. The number of carbonyl (C=O) groups is 3. The molecule has 1 fully saturated rings. The minimum Gasteiger partial charge on any atom is -0.465 e. The number of hydrogen-bond acceptors (Lipinski definition) is 3. The van der Waals surface area contributed by atoms with Crippen molar-refractivity contribution in [1.29, 1.82) is 0 Å². The summed E-state index contributed by atoms with van der Waals surface area (Å²) in [5.74, 6) is -0.271. The molecular formula is C23H32N4O4. The van der Waals surface area contributed by atoms with Crippen molar-refractivity contribution >= 4 is 28.8 Å². The number of aryl methyl sites for hydroxylation is 1. The molecular weight excluding hydrogens is 396 g/mol. The van der Waals surface area contributed by atoms with Gasteiger partial charge in [-0.3, -0.25) is 9.59 Å². The van der Waals surface area contributed by atoms with Crippen LogP contribution in [0.25, 0.3) is 10.9 Å². The summed E-state index contributed by atoms with van der Waals surface area (Å²) < 4.78 is 1.83. The summed E-state index contributed by atoms with van der Waals surface area (Å²) in [7, 11) is 1.84. The third kappa shape index (κ3) is 5.57. The molecule has 8 heteroatoms. The van der Waals surface area contributed by atoms with E-state index in [0.29, 0.717) is 38.0 Å². The highest BCUT2D eigenvalue weighted by molar-refractivity contribution is 6.00. The van der Waals surface area contributed by atoms with Gasteiger partial charge in [-0.05, 0) is 43.7 Å². The van der Waals surface area contributed by atoms with Crippen molar-refractivity contribution in [2.45, 2.75) is 51.6 Å². The van der Waals surface area contributed by atoms with Gasteiger partial charge in [-0.1, -0.05) is 32.0 Å². The summed E-state index contributed by atoms with van der Waals surface area (Å²) in [5.41, 5.74) is 1.47. The van der Waals surface area contributed by atoms with Crippen LogP contribution in [-0.4, -0.2) is 57.7 Å². The first-order chi connectivity index (χ1) is 14.8. The van der Waals surface area contributed by atoms with Gasteiger partial charge in [0.15, 0.2) is 0 Å². The summed E-state index contributed by atoms with van der Waals surface area (Å²) in [6.07, 6.45) is 1.60. The van der Waals surface area contributed by atoms with Crippen LogP contribution in [0.3, 0.4) is 0 Å². The van der Waals surface area contributed by atoms with E-state index in [2.05, 4.69) is 10.6 Å². The molecule has 1 aliphatic heterocycles. The van der Waals surface area contributed by atoms with E-state index in [4.69, 9.17) is 0 Å². The largest absolute Gasteiger partial charge is 0.465 e. The number of nitrogens with one attached hydrogen (secondary N) is 2. The van der Waals surface area contributed by atoms with Crippen LogP contribution in [0.5, 0.6) is 0 Å². The summed E-state index contributed by atoms with van der Waals surface area (Å²) in [6, 6.07) is 8.86. The second-order valence-corrected chi connectivity index (χ2v) is 8.71. The number of amides is 3. The Morgan fingerprint density at radius 3 is 2.58 bits per heavy atom. The van der Waals surface area contributed by atoms with Gasteiger partial charge in [0, 0.05) is 37.1 Å². The zero-order chi connectivity index (χ0) is 22.5. The monoisotopic (exact) mass is 428 g/mol. The van der Waals surface area contributed by atoms with E-state index in [9.17, 15) is 19.5 Å². The van der Waals surface area contributed by atoms with Crippen molar-refractivity contribution in [3.8, 4) is 0 Å². The predicted molar refractivity (Wildman–Crippen MR) is 119 cm³/mol. The Kier molecular flexibility index (Phi) is 7.20. The van der Waals surface area contributed by atoms with Crippen LogP contribution in [0.15, 0.2) is 30.3 Å². The van der Waals surface area contributed by atoms with Crippen molar-refractivity contribution in [2.24, 2.45) is 13.0 Å². The quantitative estimate of drug-likeness (QED) is 0.658. The highest BCUT2D eigenvalue weighted by Gasteiger charge is 2.27. The molecule has 2 aromatic rings. The molecule has 0 aliphatic carbocycles. The van der Waals surface area contributed by atoms with Crippen LogP contribution in [0.2, 0.25) is 0 Å². The molecule has 1 aliphatic rings. The minimum absolute atomic E-state index is 0.0963. The van der Waals surface area contributed by atoms with E-state index >= 15 is 0 Å². The van der Waals surface area contributed by atoms with Crippen LogP contribution in [0, 0.1) is 5.92 Å². The molecule has 8 nitrogen and oxygen atoms in total. The maximum atomic E-state index is 13.0. The van der Waals surface area contributed by atoms with Crippen LogP contribution in [-0.2, 0) is 11.8 Å². The van der Waals surface area contributed by atoms with E-state index in [1.165, 1.54) is 4.90 Å². The fourth-order valence-electron chi connectivity index (χ4n) is 4.18. The normalized spacial score (nSPS) is 17.9. The third-order valence-electron chi connectivity index (χ3n) is 5.86. The Labute approximate surface area is 182 Å². The smallest absolute Gasteiger partial charge is 0.407 e. The first-order valence-electron chi connectivity index (χ1n) is 10.9. The van der Waals surface area contributed by atoms with Gasteiger partial charge in [0.2, 0.25) is 5.91 Å². The number of aromatic nitrogens is 1. The number of likely N-dealkylation sites (tertiary alicyclic amines) is 1. The third-order valence-corrected chi connectivity index (χ3v) is 5.86. The van der Waals surface area contributed by atoms with E-state index in [1.807, 2.05) is 55.8 Å². The highest BCUT2D eigenvalue weighted by atomic mass is 16.4.